The van der Waals surface area contributed by atoms with Crippen molar-refractivity contribution in [3.05, 3.63) is 58.9 Å². The van der Waals surface area contributed by atoms with Gasteiger partial charge in [-0.3, -0.25) is 0 Å². The van der Waals surface area contributed by atoms with Gasteiger partial charge >= 0.3 is 0 Å². The van der Waals surface area contributed by atoms with Gasteiger partial charge in [-0.25, -0.2) is 0 Å². The highest BCUT2D eigenvalue weighted by Gasteiger charge is 2.47. The number of allylic oxidation sites excluding steroid dienone is 5. The lowest BCUT2D eigenvalue weighted by Crippen LogP contribution is -2.50. The molecule has 0 aromatic rings. The van der Waals surface area contributed by atoms with E-state index in [2.05, 4.69) is 93.2 Å². The minimum atomic E-state index is -2.09. The predicted molar refractivity (Wildman–Crippen MR) is 142 cm³/mol. The molecule has 2 bridgehead atoms. The Balaban J connectivity index is 2.69. The molecule has 32 heavy (non-hydrogen) atoms. The van der Waals surface area contributed by atoms with Gasteiger partial charge in [-0.1, -0.05) is 78.3 Å². The molecule has 2 aliphatic rings. The van der Waals surface area contributed by atoms with Crippen molar-refractivity contribution in [3.8, 4) is 0 Å². The molecule has 0 aliphatic heterocycles. The molecule has 0 heterocycles. The number of methoxy groups -OCH3 is 1. The minimum Gasteiger partial charge on any atom is -0.497 e. The first kappa shape index (κ1) is 26.9. The maximum atomic E-state index is 7.39. The lowest BCUT2D eigenvalue weighted by atomic mass is 9.70. The van der Waals surface area contributed by atoms with Crippen LogP contribution in [0.5, 0.6) is 0 Å². The van der Waals surface area contributed by atoms with Crippen LogP contribution in [0.4, 0.5) is 0 Å². The molecule has 180 valence electrons. The van der Waals surface area contributed by atoms with Crippen LogP contribution in [0.15, 0.2) is 58.9 Å². The summed E-state index contributed by atoms with van der Waals surface area (Å²) in [7, 11) is -0.314. The van der Waals surface area contributed by atoms with Crippen LogP contribution < -0.4 is 0 Å². The fourth-order valence-corrected chi connectivity index (χ4v) is 11.3. The van der Waals surface area contributed by atoms with Crippen LogP contribution in [0, 0.1) is 5.41 Å². The van der Waals surface area contributed by atoms with Gasteiger partial charge in [0.05, 0.1) is 13.2 Å². The summed E-state index contributed by atoms with van der Waals surface area (Å²) in [5.74, 6) is 0.930. The molecule has 0 spiro atoms. The molecule has 0 aromatic carbocycles. The highest BCUT2D eigenvalue weighted by molar-refractivity contribution is 6.77. The third kappa shape index (κ3) is 5.59. The lowest BCUT2D eigenvalue weighted by Gasteiger charge is -2.46. The molecular weight excluding hydrogens is 408 g/mol. The van der Waals surface area contributed by atoms with Gasteiger partial charge in [0.15, 0.2) is 0 Å². The van der Waals surface area contributed by atoms with E-state index in [0.717, 1.165) is 31.4 Å². The number of fused-ring (bicyclic) bond motifs is 2. The van der Waals surface area contributed by atoms with Crippen LogP contribution in [-0.4, -0.2) is 21.5 Å². The van der Waals surface area contributed by atoms with Crippen LogP contribution in [0.2, 0.25) is 16.6 Å². The van der Waals surface area contributed by atoms with Gasteiger partial charge in [-0.2, -0.15) is 0 Å². The smallest absolute Gasteiger partial charge is 0.201 e. The van der Waals surface area contributed by atoms with E-state index in [9.17, 15) is 0 Å². The minimum absolute atomic E-state index is 0.0796. The Morgan fingerprint density at radius 1 is 1.00 bits per heavy atom. The molecule has 0 unspecified atom stereocenters. The molecule has 2 rings (SSSR count). The van der Waals surface area contributed by atoms with Gasteiger partial charge in [0, 0.05) is 5.41 Å². The van der Waals surface area contributed by atoms with Crippen molar-refractivity contribution >= 4 is 8.32 Å². The second-order valence-corrected chi connectivity index (χ2v) is 16.6. The second-order valence-electron chi connectivity index (χ2n) is 11.2. The van der Waals surface area contributed by atoms with E-state index in [-0.39, 0.29) is 11.5 Å². The topological polar surface area (TPSA) is 18.5 Å². The molecule has 2 nitrogen and oxygen atoms in total. The van der Waals surface area contributed by atoms with E-state index in [0.29, 0.717) is 16.6 Å². The highest BCUT2D eigenvalue weighted by atomic mass is 28.4. The van der Waals surface area contributed by atoms with Crippen LogP contribution >= 0.6 is 0 Å². The molecule has 0 amide bonds. The van der Waals surface area contributed by atoms with E-state index in [1.807, 2.05) is 0 Å². The van der Waals surface area contributed by atoms with E-state index >= 15 is 0 Å². The summed E-state index contributed by atoms with van der Waals surface area (Å²) >= 11 is 0. The van der Waals surface area contributed by atoms with Crippen LogP contribution in [-0.2, 0) is 9.16 Å². The third-order valence-corrected chi connectivity index (χ3v) is 14.0. The Morgan fingerprint density at radius 3 is 2.12 bits per heavy atom. The molecule has 3 heteroatoms. The number of hydrogen-bond acceptors (Lipinski definition) is 2. The first-order chi connectivity index (χ1) is 14.9. The van der Waals surface area contributed by atoms with Gasteiger partial charge in [0.1, 0.15) is 5.76 Å². The van der Waals surface area contributed by atoms with Crippen molar-refractivity contribution in [2.24, 2.45) is 5.41 Å². The summed E-state index contributed by atoms with van der Waals surface area (Å²) in [6.07, 6.45) is 13.5. The van der Waals surface area contributed by atoms with Gasteiger partial charge < -0.3 is 9.16 Å². The fourth-order valence-electron chi connectivity index (χ4n) is 5.87. The van der Waals surface area contributed by atoms with Crippen LogP contribution in [0.25, 0.3) is 0 Å². The second kappa shape index (κ2) is 10.7. The summed E-state index contributed by atoms with van der Waals surface area (Å²) in [4.78, 5) is 0. The van der Waals surface area contributed by atoms with Crippen molar-refractivity contribution in [1.82, 2.24) is 0 Å². The van der Waals surface area contributed by atoms with Crippen molar-refractivity contribution < 1.29 is 9.16 Å². The van der Waals surface area contributed by atoms with E-state index in [4.69, 9.17) is 9.16 Å². The Hall–Kier alpha value is -1.32. The molecule has 0 saturated heterocycles. The standard InChI is InChI=1S/C29H48O2Si/c1-20(2)32(21(3)4,22(5)6)31-28-17-24(8)14-12-13-23(7)15-16-29(10)19-26(30-11)18-27(28)25(29)9/h13,17-22,28H,9,12,14-16H2,1-8,10-11H3/b23-13+,24-17+/t28-,29-/m0/s1. The average molecular weight is 457 g/mol. The monoisotopic (exact) mass is 456 g/mol. The molecule has 0 radical (unpaired) electrons. The molecule has 2 aliphatic carbocycles. The van der Waals surface area contributed by atoms with E-state index < -0.39 is 8.32 Å². The highest BCUT2D eigenvalue weighted by Crippen LogP contribution is 2.48. The Kier molecular flexibility index (Phi) is 9.03. The van der Waals surface area contributed by atoms with E-state index in [1.165, 1.54) is 22.3 Å². The Labute approximate surface area is 199 Å². The van der Waals surface area contributed by atoms with Crippen molar-refractivity contribution in [2.75, 3.05) is 7.11 Å². The summed E-state index contributed by atoms with van der Waals surface area (Å²) in [5, 5.41) is 0. The fraction of sp³-hybridized carbons (Fsp3) is 0.655. The normalized spacial score (nSPS) is 28.9. The Morgan fingerprint density at radius 2 is 1.59 bits per heavy atom. The average Bonchev–Trinajstić information content (AvgIpc) is 2.70. The third-order valence-electron chi connectivity index (χ3n) is 7.88. The lowest BCUT2D eigenvalue weighted by molar-refractivity contribution is 0.237. The zero-order valence-corrected chi connectivity index (χ0v) is 23.5. The largest absolute Gasteiger partial charge is 0.497 e. The molecule has 2 atom stereocenters. The summed E-state index contributed by atoms with van der Waals surface area (Å²) in [6, 6.07) is 0. The molecule has 0 aromatic heterocycles. The zero-order valence-electron chi connectivity index (χ0n) is 22.5. The molecular formula is C29H48O2Si. The molecule has 0 saturated carbocycles. The summed E-state index contributed by atoms with van der Waals surface area (Å²) in [5.41, 5.74) is 6.70. The maximum absolute atomic E-state index is 7.39. The molecule has 0 fully saturated rings. The van der Waals surface area contributed by atoms with Crippen molar-refractivity contribution in [3.63, 3.8) is 0 Å². The predicted octanol–water partition coefficient (Wildman–Crippen LogP) is 9.05. The summed E-state index contributed by atoms with van der Waals surface area (Å²) in [6.45, 7) is 25.6. The Bertz CT molecular complexity index is 787. The molecule has 0 N–H and O–H groups in total. The van der Waals surface area contributed by atoms with Crippen LogP contribution in [0.1, 0.15) is 88.0 Å². The SMILES string of the molecule is C=C1C2=CC(OC)=C[C@]1(C)CC/C(C)=C/CC/C(C)=C/[C@@H]2O[Si](C(C)C)(C(C)C)C(C)C. The first-order valence-corrected chi connectivity index (χ1v) is 14.7. The van der Waals surface area contributed by atoms with Crippen molar-refractivity contribution in [2.45, 2.75) is 111 Å². The van der Waals surface area contributed by atoms with Gasteiger partial charge in [0.25, 0.3) is 0 Å². The van der Waals surface area contributed by atoms with Crippen molar-refractivity contribution in [1.29, 1.82) is 0 Å². The maximum Gasteiger partial charge on any atom is 0.201 e. The van der Waals surface area contributed by atoms with Gasteiger partial charge in [-0.05, 0) is 79.5 Å². The first-order valence-electron chi connectivity index (χ1n) is 12.6. The number of hydrogen-bond donors (Lipinski definition) is 0. The quantitative estimate of drug-likeness (QED) is 0.293. The number of ether oxygens (including phenoxy) is 1. The van der Waals surface area contributed by atoms with Gasteiger partial charge in [0.2, 0.25) is 8.32 Å². The number of rotatable bonds is 6. The van der Waals surface area contributed by atoms with Gasteiger partial charge in [-0.15, -0.1) is 0 Å². The van der Waals surface area contributed by atoms with E-state index in [1.54, 1.807) is 7.11 Å². The zero-order chi connectivity index (χ0) is 24.3. The summed E-state index contributed by atoms with van der Waals surface area (Å²) < 4.78 is 13.2. The van der Waals surface area contributed by atoms with Crippen LogP contribution in [0.3, 0.4) is 0 Å².